The largest absolute Gasteiger partial charge is 0.478 e. The van der Waals surface area contributed by atoms with Crippen LogP contribution in [-0.4, -0.2) is 35.8 Å². The number of carboxylic acid groups (broad SMARTS) is 1. The lowest BCUT2D eigenvalue weighted by molar-refractivity contribution is -0.132. The Morgan fingerprint density at radius 1 is 1.29 bits per heavy atom. The first-order valence-corrected chi connectivity index (χ1v) is 6.18. The van der Waals surface area contributed by atoms with E-state index in [0.29, 0.717) is 16.6 Å². The average Bonchev–Trinajstić information content (AvgIpc) is 2.42. The molecule has 2 rings (SSSR count). The number of alkyl halides is 3. The van der Waals surface area contributed by atoms with Crippen LogP contribution in [0.1, 0.15) is 16.8 Å². The van der Waals surface area contributed by atoms with Crippen molar-refractivity contribution in [1.29, 1.82) is 0 Å². The van der Waals surface area contributed by atoms with Crippen molar-refractivity contribution in [3.63, 3.8) is 0 Å². The minimum absolute atomic E-state index is 0.0265. The number of halogens is 3. The summed E-state index contributed by atoms with van der Waals surface area (Å²) in [5.41, 5.74) is 0.0265. The van der Waals surface area contributed by atoms with Gasteiger partial charge < -0.3 is 10.0 Å². The predicted octanol–water partition coefficient (Wildman–Crippen LogP) is 3.32. The average molecular weight is 298 g/mol. The molecule has 1 aromatic heterocycles. The summed E-state index contributed by atoms with van der Waals surface area (Å²) in [6, 6.07) is 6.63. The second-order valence-corrected chi connectivity index (χ2v) is 4.63. The molecule has 21 heavy (non-hydrogen) atoms. The summed E-state index contributed by atoms with van der Waals surface area (Å²) >= 11 is 0. The van der Waals surface area contributed by atoms with E-state index in [1.807, 2.05) is 0 Å². The molecule has 7 heteroatoms. The molecule has 0 unspecified atom stereocenters. The maximum Gasteiger partial charge on any atom is 0.390 e. The van der Waals surface area contributed by atoms with E-state index in [4.69, 9.17) is 5.11 Å². The zero-order chi connectivity index (χ0) is 15.6. The zero-order valence-electron chi connectivity index (χ0n) is 11.2. The van der Waals surface area contributed by atoms with Crippen LogP contribution < -0.4 is 4.90 Å². The summed E-state index contributed by atoms with van der Waals surface area (Å²) in [4.78, 5) is 16.5. The molecule has 0 amide bonds. The van der Waals surface area contributed by atoms with Crippen LogP contribution >= 0.6 is 0 Å². The van der Waals surface area contributed by atoms with Gasteiger partial charge in [0.1, 0.15) is 5.82 Å². The van der Waals surface area contributed by atoms with E-state index < -0.39 is 18.6 Å². The topological polar surface area (TPSA) is 53.4 Å². The Kier molecular flexibility index (Phi) is 4.02. The molecule has 0 aliphatic carbocycles. The fourth-order valence-electron chi connectivity index (χ4n) is 2.05. The molecule has 0 saturated heterocycles. The van der Waals surface area contributed by atoms with Crippen molar-refractivity contribution in [1.82, 2.24) is 4.98 Å². The number of carbonyl (C=O) groups is 1. The molecule has 0 radical (unpaired) electrons. The van der Waals surface area contributed by atoms with Crippen LogP contribution in [0.3, 0.4) is 0 Å². The molecule has 1 N–H and O–H groups in total. The molecule has 112 valence electrons. The smallest absolute Gasteiger partial charge is 0.390 e. The van der Waals surface area contributed by atoms with Gasteiger partial charge in [0, 0.05) is 30.6 Å². The number of hydrogen-bond donors (Lipinski definition) is 1. The molecule has 0 aliphatic heterocycles. The van der Waals surface area contributed by atoms with E-state index in [9.17, 15) is 18.0 Å². The minimum atomic E-state index is -4.24. The van der Waals surface area contributed by atoms with Crippen LogP contribution in [0.25, 0.3) is 10.8 Å². The molecular formula is C14H13F3N2O2. The number of carboxylic acids is 1. The third kappa shape index (κ3) is 3.42. The van der Waals surface area contributed by atoms with Gasteiger partial charge >= 0.3 is 12.1 Å². The molecule has 0 bridgehead atoms. The number of aromatic nitrogens is 1. The first-order chi connectivity index (χ1) is 9.79. The van der Waals surface area contributed by atoms with Gasteiger partial charge in [-0.3, -0.25) is 0 Å². The number of benzene rings is 1. The lowest BCUT2D eigenvalue weighted by Crippen LogP contribution is -2.25. The number of pyridine rings is 1. The maximum absolute atomic E-state index is 12.3. The van der Waals surface area contributed by atoms with Gasteiger partial charge in [0.15, 0.2) is 0 Å². The number of nitrogens with zero attached hydrogens (tertiary/aromatic N) is 2. The third-order valence-electron chi connectivity index (χ3n) is 3.10. The van der Waals surface area contributed by atoms with Crippen molar-refractivity contribution >= 4 is 22.6 Å². The van der Waals surface area contributed by atoms with E-state index in [2.05, 4.69) is 4.98 Å². The molecule has 0 spiro atoms. The minimum Gasteiger partial charge on any atom is -0.478 e. The van der Waals surface area contributed by atoms with Gasteiger partial charge in [-0.1, -0.05) is 24.3 Å². The Hall–Kier alpha value is -2.31. The summed E-state index contributed by atoms with van der Waals surface area (Å²) in [6.45, 7) is -0.243. The van der Waals surface area contributed by atoms with Gasteiger partial charge in [-0.2, -0.15) is 13.2 Å². The Morgan fingerprint density at radius 3 is 2.48 bits per heavy atom. The first kappa shape index (κ1) is 15.1. The molecule has 4 nitrogen and oxygen atoms in total. The van der Waals surface area contributed by atoms with E-state index in [-0.39, 0.29) is 12.1 Å². The van der Waals surface area contributed by atoms with Crippen LogP contribution in [-0.2, 0) is 0 Å². The van der Waals surface area contributed by atoms with Crippen molar-refractivity contribution in [2.75, 3.05) is 18.5 Å². The summed E-state index contributed by atoms with van der Waals surface area (Å²) < 4.78 is 36.9. The molecule has 0 saturated carbocycles. The number of aromatic carboxylic acids is 1. The van der Waals surface area contributed by atoms with Crippen molar-refractivity contribution in [3.05, 3.63) is 36.0 Å². The molecular weight excluding hydrogens is 285 g/mol. The first-order valence-electron chi connectivity index (χ1n) is 6.18. The van der Waals surface area contributed by atoms with Gasteiger partial charge in [-0.15, -0.1) is 0 Å². The highest BCUT2D eigenvalue weighted by atomic mass is 19.4. The van der Waals surface area contributed by atoms with E-state index in [1.165, 1.54) is 18.1 Å². The SMILES string of the molecule is CN(CCC(F)(F)F)c1ncc(C(=O)O)c2ccccc12. The van der Waals surface area contributed by atoms with Crippen LogP contribution in [0.4, 0.5) is 19.0 Å². The van der Waals surface area contributed by atoms with E-state index in [0.717, 1.165) is 0 Å². The van der Waals surface area contributed by atoms with Crippen LogP contribution in [0.2, 0.25) is 0 Å². The fraction of sp³-hybridized carbons (Fsp3) is 0.286. The predicted molar refractivity (Wildman–Crippen MR) is 72.6 cm³/mol. The van der Waals surface area contributed by atoms with Gasteiger partial charge in [0.25, 0.3) is 0 Å². The molecule has 0 fully saturated rings. The Morgan fingerprint density at radius 2 is 1.90 bits per heavy atom. The number of anilines is 1. The van der Waals surface area contributed by atoms with E-state index in [1.54, 1.807) is 24.3 Å². The molecule has 1 heterocycles. The van der Waals surface area contributed by atoms with Crippen molar-refractivity contribution in [2.45, 2.75) is 12.6 Å². The molecule has 0 aliphatic rings. The molecule has 2 aromatic rings. The Balaban J connectivity index is 2.41. The van der Waals surface area contributed by atoms with Crippen molar-refractivity contribution < 1.29 is 23.1 Å². The van der Waals surface area contributed by atoms with Gasteiger partial charge in [-0.25, -0.2) is 9.78 Å². The molecule has 0 atom stereocenters. The van der Waals surface area contributed by atoms with Gasteiger partial charge in [-0.05, 0) is 0 Å². The monoisotopic (exact) mass is 298 g/mol. The summed E-state index contributed by atoms with van der Waals surface area (Å²) in [5, 5.41) is 10.1. The van der Waals surface area contributed by atoms with Gasteiger partial charge in [0.2, 0.25) is 0 Å². The number of rotatable bonds is 4. The van der Waals surface area contributed by atoms with E-state index >= 15 is 0 Å². The highest BCUT2D eigenvalue weighted by Crippen LogP contribution is 2.28. The Bertz CT molecular complexity index is 671. The summed E-state index contributed by atoms with van der Waals surface area (Å²) in [6.07, 6.45) is -4.03. The van der Waals surface area contributed by atoms with Crippen LogP contribution in [0, 0.1) is 0 Å². The highest BCUT2D eigenvalue weighted by molar-refractivity contribution is 6.06. The number of fused-ring (bicyclic) bond motifs is 1. The van der Waals surface area contributed by atoms with Gasteiger partial charge in [0.05, 0.1) is 12.0 Å². The highest BCUT2D eigenvalue weighted by Gasteiger charge is 2.27. The Labute approximate surface area is 118 Å². The third-order valence-corrected chi connectivity index (χ3v) is 3.10. The second-order valence-electron chi connectivity index (χ2n) is 4.63. The quantitative estimate of drug-likeness (QED) is 0.940. The van der Waals surface area contributed by atoms with Crippen LogP contribution in [0.5, 0.6) is 0 Å². The van der Waals surface area contributed by atoms with Crippen molar-refractivity contribution in [2.24, 2.45) is 0 Å². The zero-order valence-corrected chi connectivity index (χ0v) is 11.2. The lowest BCUT2D eigenvalue weighted by Gasteiger charge is -2.21. The number of hydrogen-bond acceptors (Lipinski definition) is 3. The standard InChI is InChI=1S/C14H13F3N2O2/c1-19(7-6-14(15,16)17)12-10-5-3-2-4-9(10)11(8-18-12)13(20)21/h2-5,8H,6-7H2,1H3,(H,20,21). The molecule has 1 aromatic carbocycles. The normalized spacial score (nSPS) is 11.6. The second kappa shape index (κ2) is 5.59. The summed E-state index contributed by atoms with van der Waals surface area (Å²) in [5.74, 6) is -0.789. The maximum atomic E-state index is 12.3. The summed E-state index contributed by atoms with van der Waals surface area (Å²) in [7, 11) is 1.50. The van der Waals surface area contributed by atoms with Crippen molar-refractivity contribution in [3.8, 4) is 0 Å². The van der Waals surface area contributed by atoms with Crippen LogP contribution in [0.15, 0.2) is 30.5 Å². The fourth-order valence-corrected chi connectivity index (χ4v) is 2.05. The lowest BCUT2D eigenvalue weighted by atomic mass is 10.1.